The predicted octanol–water partition coefficient (Wildman–Crippen LogP) is 2.33. The normalized spacial score (nSPS) is 28.3. The Hall–Kier alpha value is -2.07. The highest BCUT2D eigenvalue weighted by atomic mass is 32.2. The number of nitrogens with zero attached hydrogens (tertiary/aromatic N) is 2. The molecule has 1 aliphatic carbocycles. The number of thioether (sulfide) groups is 1. The summed E-state index contributed by atoms with van der Waals surface area (Å²) in [6, 6.07) is -1.61. The van der Waals surface area contributed by atoms with Gasteiger partial charge in [-0.1, -0.05) is 11.6 Å². The van der Waals surface area contributed by atoms with Gasteiger partial charge < -0.3 is 21.1 Å². The molecule has 2 amide bonds. The van der Waals surface area contributed by atoms with E-state index < -0.39 is 28.7 Å². The van der Waals surface area contributed by atoms with Gasteiger partial charge in [0.15, 0.2) is 5.13 Å². The summed E-state index contributed by atoms with van der Waals surface area (Å²) >= 11 is 2.71. The van der Waals surface area contributed by atoms with Gasteiger partial charge in [0.1, 0.15) is 17.5 Å². The maximum atomic E-state index is 13.2. The number of amides is 2. The van der Waals surface area contributed by atoms with Crippen LogP contribution in [0.4, 0.5) is 5.13 Å². The molecule has 0 bridgehead atoms. The van der Waals surface area contributed by atoms with Gasteiger partial charge in [0.05, 0.1) is 11.6 Å². The average Bonchev–Trinajstić information content (AvgIpc) is 3.23. The molecule has 4 atom stereocenters. The number of carbonyl (C=O) groups is 3. The fourth-order valence-corrected chi connectivity index (χ4v) is 6.79. The van der Waals surface area contributed by atoms with Crippen LogP contribution in [-0.2, 0) is 14.4 Å². The first-order valence-electron chi connectivity index (χ1n) is 10.1. The van der Waals surface area contributed by atoms with Crippen LogP contribution in [0.2, 0.25) is 0 Å². The lowest BCUT2D eigenvalue weighted by atomic mass is 9.88. The molecule has 0 radical (unpaired) electrons. The molecule has 162 valence electrons. The molecule has 0 spiro atoms. The highest BCUT2D eigenvalue weighted by Gasteiger charge is 2.64. The topological polar surface area (TPSA) is 126 Å². The molecule has 3 aliphatic rings. The Morgan fingerprint density at radius 3 is 2.80 bits per heavy atom. The Kier molecular flexibility index (Phi) is 5.56. The van der Waals surface area contributed by atoms with E-state index in [0.29, 0.717) is 17.2 Å². The maximum Gasteiger partial charge on any atom is 0.327 e. The lowest BCUT2D eigenvalue weighted by molar-refractivity contribution is -0.161. The zero-order chi connectivity index (χ0) is 21.6. The zero-order valence-electron chi connectivity index (χ0n) is 17.0. The fourth-order valence-electron chi connectivity index (χ4n) is 4.54. The number of carboxylic acids is 1. The first-order chi connectivity index (χ1) is 14.2. The van der Waals surface area contributed by atoms with Crippen molar-refractivity contribution in [3.05, 3.63) is 22.7 Å². The molecule has 0 aromatic carbocycles. The molecule has 4 N–H and O–H groups in total. The smallest absolute Gasteiger partial charge is 0.327 e. The first kappa shape index (κ1) is 21.2. The number of carbonyl (C=O) groups excluding carboxylic acids is 2. The minimum atomic E-state index is -1.02. The van der Waals surface area contributed by atoms with Gasteiger partial charge in [0.2, 0.25) is 11.8 Å². The number of nitrogen functional groups attached to an aromatic ring is 1. The van der Waals surface area contributed by atoms with Crippen molar-refractivity contribution in [2.24, 2.45) is 0 Å². The van der Waals surface area contributed by atoms with Crippen molar-refractivity contribution in [1.29, 1.82) is 0 Å². The van der Waals surface area contributed by atoms with Crippen LogP contribution >= 0.6 is 23.1 Å². The van der Waals surface area contributed by atoms with Crippen molar-refractivity contribution in [2.45, 2.75) is 74.1 Å². The van der Waals surface area contributed by atoms with Crippen LogP contribution in [0, 0.1) is 0 Å². The molecule has 2 saturated heterocycles. The van der Waals surface area contributed by atoms with Crippen LogP contribution < -0.4 is 11.1 Å². The number of aromatic nitrogens is 1. The molecule has 1 unspecified atom stereocenters. The van der Waals surface area contributed by atoms with E-state index in [2.05, 4.69) is 16.4 Å². The van der Waals surface area contributed by atoms with Crippen LogP contribution in [-0.4, -0.2) is 55.0 Å². The molecule has 4 rings (SSSR count). The van der Waals surface area contributed by atoms with Crippen LogP contribution in [0.1, 0.15) is 57.6 Å². The summed E-state index contributed by atoms with van der Waals surface area (Å²) in [7, 11) is 0. The van der Waals surface area contributed by atoms with Gasteiger partial charge in [-0.15, -0.1) is 23.1 Å². The molecule has 1 aromatic heterocycles. The number of β-lactam (4-membered cyclic amide) rings is 1. The lowest BCUT2D eigenvalue weighted by Gasteiger charge is -2.44. The summed E-state index contributed by atoms with van der Waals surface area (Å²) < 4.78 is -0.624. The summed E-state index contributed by atoms with van der Waals surface area (Å²) in [5.41, 5.74) is 7.65. The van der Waals surface area contributed by atoms with Crippen LogP contribution in [0.15, 0.2) is 17.0 Å². The second-order valence-corrected chi connectivity index (χ2v) is 11.2. The van der Waals surface area contributed by atoms with Gasteiger partial charge in [-0.3, -0.25) is 9.59 Å². The third-order valence-electron chi connectivity index (χ3n) is 6.04. The Bertz CT molecular complexity index is 912. The summed E-state index contributed by atoms with van der Waals surface area (Å²) in [5.74, 6) is -2.14. The Morgan fingerprint density at radius 1 is 1.43 bits per heavy atom. The molecule has 2 fully saturated rings. The van der Waals surface area contributed by atoms with E-state index in [-0.39, 0.29) is 17.2 Å². The van der Waals surface area contributed by atoms with E-state index in [1.807, 2.05) is 13.8 Å². The van der Waals surface area contributed by atoms with E-state index in [4.69, 9.17) is 5.73 Å². The summed E-state index contributed by atoms with van der Waals surface area (Å²) in [6.45, 7) is 3.63. The molecule has 1 aromatic rings. The number of aliphatic carboxylic acids is 1. The van der Waals surface area contributed by atoms with Crippen molar-refractivity contribution < 1.29 is 19.5 Å². The summed E-state index contributed by atoms with van der Waals surface area (Å²) in [6.07, 6.45) is 7.01. The van der Waals surface area contributed by atoms with Crippen LogP contribution in [0.5, 0.6) is 0 Å². The van der Waals surface area contributed by atoms with E-state index in [9.17, 15) is 19.5 Å². The molecule has 30 heavy (non-hydrogen) atoms. The quantitative estimate of drug-likeness (QED) is 0.448. The van der Waals surface area contributed by atoms with E-state index >= 15 is 0 Å². The number of thiazole rings is 1. The second kappa shape index (κ2) is 7.88. The number of hydrogen-bond donors (Lipinski definition) is 3. The first-order valence-corrected chi connectivity index (χ1v) is 11.9. The number of allylic oxidation sites excluding steroid dienone is 2. The molecule has 8 nitrogen and oxygen atoms in total. The lowest BCUT2D eigenvalue weighted by Crippen LogP contribution is -2.70. The van der Waals surface area contributed by atoms with Crippen LogP contribution in [0.3, 0.4) is 0 Å². The van der Waals surface area contributed by atoms with Gasteiger partial charge in [-0.05, 0) is 46.0 Å². The van der Waals surface area contributed by atoms with Gasteiger partial charge in [-0.25, -0.2) is 9.78 Å². The maximum absolute atomic E-state index is 13.2. The third kappa shape index (κ3) is 3.71. The minimum Gasteiger partial charge on any atom is -0.480 e. The fraction of sp³-hybridized carbons (Fsp3) is 0.600. The number of anilines is 1. The van der Waals surface area contributed by atoms with Crippen molar-refractivity contribution in [3.63, 3.8) is 0 Å². The van der Waals surface area contributed by atoms with Crippen molar-refractivity contribution in [2.75, 3.05) is 5.73 Å². The predicted molar refractivity (Wildman–Crippen MR) is 116 cm³/mol. The van der Waals surface area contributed by atoms with E-state index in [1.54, 1.807) is 5.38 Å². The Balaban J connectivity index is 1.51. The van der Waals surface area contributed by atoms with E-state index in [0.717, 1.165) is 25.7 Å². The van der Waals surface area contributed by atoms with Crippen LogP contribution in [0.25, 0.3) is 0 Å². The minimum absolute atomic E-state index is 0.262. The number of fused-ring (bicyclic) bond motifs is 1. The summed E-state index contributed by atoms with van der Waals surface area (Å²) in [4.78, 5) is 43.3. The van der Waals surface area contributed by atoms with Gasteiger partial charge in [-0.2, -0.15) is 0 Å². The highest BCUT2D eigenvalue weighted by Crippen LogP contribution is 2.50. The number of hydrogen-bond acceptors (Lipinski definition) is 7. The number of rotatable bonds is 6. The zero-order valence-corrected chi connectivity index (χ0v) is 18.6. The highest BCUT2D eigenvalue weighted by molar-refractivity contribution is 8.01. The largest absolute Gasteiger partial charge is 0.480 e. The van der Waals surface area contributed by atoms with Crippen molar-refractivity contribution in [1.82, 2.24) is 15.2 Å². The van der Waals surface area contributed by atoms with E-state index in [1.165, 1.54) is 33.6 Å². The van der Waals surface area contributed by atoms with Gasteiger partial charge in [0.25, 0.3) is 0 Å². The molecular formula is C20H26N4O4S2. The molecular weight excluding hydrogens is 424 g/mol. The summed E-state index contributed by atoms with van der Waals surface area (Å²) in [5, 5.41) is 14.3. The number of carboxylic acid groups (broad SMARTS) is 1. The average molecular weight is 451 g/mol. The molecule has 2 aliphatic heterocycles. The molecule has 3 heterocycles. The third-order valence-corrected chi connectivity index (χ3v) is 8.30. The SMILES string of the molecule is CC1(C)S[C@@H]2[C@H](NC(=O)C(CC3=CCCCC3)c3csc(N)n3)C(=O)N2[C@H]1C(=O)O. The monoisotopic (exact) mass is 450 g/mol. The Labute approximate surface area is 183 Å². The molecule has 0 saturated carbocycles. The second-order valence-electron chi connectivity index (χ2n) is 8.56. The standard InChI is InChI=1S/C20H26N4O4S2/c1-20(2)14(18(27)28)24-16(26)13(17(24)30-20)23-15(25)11(12-9-29-19(21)22-12)8-10-6-4-3-5-7-10/h6,9,11,13-14,17H,3-5,7-8H2,1-2H3,(H2,21,22)(H,23,25)(H,27,28)/t11?,13-,14+,17-/m1/s1. The van der Waals surface area contributed by atoms with Gasteiger partial charge >= 0.3 is 5.97 Å². The van der Waals surface area contributed by atoms with Crippen molar-refractivity contribution in [3.8, 4) is 0 Å². The van der Waals surface area contributed by atoms with Crippen molar-refractivity contribution >= 4 is 46.0 Å². The number of nitrogens with two attached hydrogens (primary N) is 1. The Morgan fingerprint density at radius 2 is 2.20 bits per heavy atom. The number of nitrogens with one attached hydrogen (secondary N) is 1. The molecule has 10 heteroatoms. The van der Waals surface area contributed by atoms with Gasteiger partial charge in [0, 0.05) is 10.1 Å².